The van der Waals surface area contributed by atoms with E-state index >= 15 is 0 Å². The van der Waals surface area contributed by atoms with Gasteiger partial charge in [0.05, 0.1) is 25.0 Å². The zero-order chi connectivity index (χ0) is 15.0. The summed E-state index contributed by atoms with van der Waals surface area (Å²) in [4.78, 5) is 23.9. The van der Waals surface area contributed by atoms with Crippen molar-refractivity contribution in [2.75, 3.05) is 13.2 Å². The van der Waals surface area contributed by atoms with Crippen molar-refractivity contribution < 1.29 is 19.1 Å². The molecular weight excluding hydrogens is 256 g/mol. The molecule has 0 saturated carbocycles. The summed E-state index contributed by atoms with van der Waals surface area (Å²) in [6, 6.07) is 9.60. The third kappa shape index (κ3) is 4.68. The normalized spacial score (nSPS) is 13.3. The quantitative estimate of drug-likeness (QED) is 0.720. The Morgan fingerprint density at radius 3 is 2.20 bits per heavy atom. The molecule has 0 bridgehead atoms. The fourth-order valence-corrected chi connectivity index (χ4v) is 2.09. The van der Waals surface area contributed by atoms with E-state index in [9.17, 15) is 9.59 Å². The summed E-state index contributed by atoms with van der Waals surface area (Å²) in [5.41, 5.74) is 0.0937. The SMILES string of the molecule is CCOC(=O)CC(C)(Cc1ccccc1)C(=O)OCC. The van der Waals surface area contributed by atoms with Crippen LogP contribution in [0.1, 0.15) is 32.8 Å². The Morgan fingerprint density at radius 2 is 1.65 bits per heavy atom. The summed E-state index contributed by atoms with van der Waals surface area (Å²) in [5.74, 6) is -0.740. The summed E-state index contributed by atoms with van der Waals surface area (Å²) >= 11 is 0. The highest BCUT2D eigenvalue weighted by Gasteiger charge is 2.37. The molecule has 0 radical (unpaired) electrons. The largest absolute Gasteiger partial charge is 0.466 e. The van der Waals surface area contributed by atoms with Gasteiger partial charge in [0.2, 0.25) is 0 Å². The van der Waals surface area contributed by atoms with Crippen LogP contribution in [0, 0.1) is 5.41 Å². The van der Waals surface area contributed by atoms with Crippen molar-refractivity contribution in [2.45, 2.75) is 33.6 Å². The second-order valence-corrected chi connectivity index (χ2v) is 4.93. The highest BCUT2D eigenvalue weighted by Crippen LogP contribution is 2.29. The highest BCUT2D eigenvalue weighted by molar-refractivity contribution is 5.83. The van der Waals surface area contributed by atoms with Gasteiger partial charge in [-0.2, -0.15) is 0 Å². The number of carbonyl (C=O) groups is 2. The van der Waals surface area contributed by atoms with Gasteiger partial charge in [0.1, 0.15) is 0 Å². The number of benzene rings is 1. The van der Waals surface area contributed by atoms with Crippen LogP contribution in [-0.2, 0) is 25.5 Å². The minimum atomic E-state index is -0.899. The topological polar surface area (TPSA) is 52.6 Å². The van der Waals surface area contributed by atoms with E-state index in [0.717, 1.165) is 5.56 Å². The fraction of sp³-hybridized carbons (Fsp3) is 0.500. The molecular formula is C16H22O4. The van der Waals surface area contributed by atoms with E-state index in [0.29, 0.717) is 19.6 Å². The van der Waals surface area contributed by atoms with Crippen molar-refractivity contribution in [3.8, 4) is 0 Å². The first-order valence-corrected chi connectivity index (χ1v) is 6.88. The standard InChI is InChI=1S/C16H22O4/c1-4-19-14(17)12-16(3,15(18)20-5-2)11-13-9-7-6-8-10-13/h6-10H,4-5,11-12H2,1-3H3. The Kier molecular flexibility index (Phi) is 6.22. The molecule has 1 aromatic carbocycles. The van der Waals surface area contributed by atoms with Gasteiger partial charge >= 0.3 is 11.9 Å². The summed E-state index contributed by atoms with van der Waals surface area (Å²) in [7, 11) is 0. The number of hydrogen-bond donors (Lipinski definition) is 0. The van der Waals surface area contributed by atoms with E-state index < -0.39 is 5.41 Å². The van der Waals surface area contributed by atoms with E-state index in [2.05, 4.69) is 0 Å². The van der Waals surface area contributed by atoms with Gasteiger partial charge in [-0.15, -0.1) is 0 Å². The molecule has 110 valence electrons. The Labute approximate surface area is 120 Å². The van der Waals surface area contributed by atoms with Gasteiger partial charge in [0.25, 0.3) is 0 Å². The van der Waals surface area contributed by atoms with Crippen LogP contribution < -0.4 is 0 Å². The zero-order valence-corrected chi connectivity index (χ0v) is 12.3. The van der Waals surface area contributed by atoms with Gasteiger partial charge in [-0.3, -0.25) is 9.59 Å². The van der Waals surface area contributed by atoms with E-state index in [4.69, 9.17) is 9.47 Å². The minimum absolute atomic E-state index is 0.0224. The Hall–Kier alpha value is -1.84. The van der Waals surface area contributed by atoms with Crippen molar-refractivity contribution in [3.05, 3.63) is 35.9 Å². The molecule has 1 rings (SSSR count). The van der Waals surface area contributed by atoms with Crippen LogP contribution in [0.4, 0.5) is 0 Å². The van der Waals surface area contributed by atoms with Gasteiger partial charge in [-0.05, 0) is 32.8 Å². The average molecular weight is 278 g/mol. The molecule has 20 heavy (non-hydrogen) atoms. The molecule has 0 aliphatic rings. The molecule has 1 unspecified atom stereocenters. The monoisotopic (exact) mass is 278 g/mol. The minimum Gasteiger partial charge on any atom is -0.466 e. The first kappa shape index (κ1) is 16.2. The second-order valence-electron chi connectivity index (χ2n) is 4.93. The third-order valence-electron chi connectivity index (χ3n) is 3.05. The van der Waals surface area contributed by atoms with E-state index in [-0.39, 0.29) is 18.4 Å². The lowest BCUT2D eigenvalue weighted by Crippen LogP contribution is -2.35. The molecule has 4 heteroatoms. The van der Waals surface area contributed by atoms with Crippen LogP contribution >= 0.6 is 0 Å². The molecule has 0 fully saturated rings. The molecule has 0 saturated heterocycles. The first-order chi connectivity index (χ1) is 9.51. The van der Waals surface area contributed by atoms with Crippen molar-refractivity contribution in [1.82, 2.24) is 0 Å². The molecule has 0 aliphatic carbocycles. The van der Waals surface area contributed by atoms with Crippen molar-refractivity contribution in [1.29, 1.82) is 0 Å². The van der Waals surface area contributed by atoms with Gasteiger partial charge in [-0.25, -0.2) is 0 Å². The predicted octanol–water partition coefficient (Wildman–Crippen LogP) is 2.75. The van der Waals surface area contributed by atoms with Gasteiger partial charge in [0, 0.05) is 0 Å². The van der Waals surface area contributed by atoms with Gasteiger partial charge in [-0.1, -0.05) is 30.3 Å². The predicted molar refractivity (Wildman–Crippen MR) is 76.1 cm³/mol. The molecule has 0 aromatic heterocycles. The lowest BCUT2D eigenvalue weighted by molar-refractivity contribution is -0.161. The Morgan fingerprint density at radius 1 is 1.05 bits per heavy atom. The number of carbonyl (C=O) groups excluding carboxylic acids is 2. The van der Waals surface area contributed by atoms with E-state index in [1.54, 1.807) is 20.8 Å². The van der Waals surface area contributed by atoms with Gasteiger partial charge < -0.3 is 9.47 Å². The Balaban J connectivity index is 2.88. The molecule has 0 amide bonds. The highest BCUT2D eigenvalue weighted by atomic mass is 16.5. The lowest BCUT2D eigenvalue weighted by atomic mass is 9.80. The van der Waals surface area contributed by atoms with Crippen LogP contribution in [0.2, 0.25) is 0 Å². The summed E-state index contributed by atoms with van der Waals surface area (Å²) in [6.07, 6.45) is 0.472. The number of ether oxygens (including phenoxy) is 2. The first-order valence-electron chi connectivity index (χ1n) is 6.88. The molecule has 4 nitrogen and oxygen atoms in total. The molecule has 0 N–H and O–H groups in total. The third-order valence-corrected chi connectivity index (χ3v) is 3.05. The summed E-state index contributed by atoms with van der Waals surface area (Å²) < 4.78 is 10.1. The van der Waals surface area contributed by atoms with E-state index in [1.165, 1.54) is 0 Å². The average Bonchev–Trinajstić information content (AvgIpc) is 2.40. The van der Waals surface area contributed by atoms with Crippen LogP contribution in [-0.4, -0.2) is 25.2 Å². The number of hydrogen-bond acceptors (Lipinski definition) is 4. The van der Waals surface area contributed by atoms with Crippen molar-refractivity contribution >= 4 is 11.9 Å². The lowest BCUT2D eigenvalue weighted by Gasteiger charge is -2.26. The molecule has 1 aromatic rings. The van der Waals surface area contributed by atoms with Crippen LogP contribution in [0.25, 0.3) is 0 Å². The maximum atomic E-state index is 12.2. The molecule has 0 spiro atoms. The maximum Gasteiger partial charge on any atom is 0.312 e. The van der Waals surface area contributed by atoms with Crippen molar-refractivity contribution in [3.63, 3.8) is 0 Å². The van der Waals surface area contributed by atoms with Crippen LogP contribution in [0.3, 0.4) is 0 Å². The summed E-state index contributed by atoms with van der Waals surface area (Å²) in [6.45, 7) is 5.85. The smallest absolute Gasteiger partial charge is 0.312 e. The molecule has 0 aliphatic heterocycles. The van der Waals surface area contributed by atoms with Gasteiger partial charge in [0.15, 0.2) is 0 Å². The van der Waals surface area contributed by atoms with E-state index in [1.807, 2.05) is 30.3 Å². The fourth-order valence-electron chi connectivity index (χ4n) is 2.09. The number of rotatable bonds is 7. The number of esters is 2. The zero-order valence-electron chi connectivity index (χ0n) is 12.3. The van der Waals surface area contributed by atoms with Crippen molar-refractivity contribution in [2.24, 2.45) is 5.41 Å². The maximum absolute atomic E-state index is 12.2. The van der Waals surface area contributed by atoms with Crippen LogP contribution in [0.15, 0.2) is 30.3 Å². The molecule has 0 heterocycles. The Bertz CT molecular complexity index is 441. The summed E-state index contributed by atoms with van der Waals surface area (Å²) in [5, 5.41) is 0. The second kappa shape index (κ2) is 7.68. The van der Waals surface area contributed by atoms with Crippen LogP contribution in [0.5, 0.6) is 0 Å². The molecule has 1 atom stereocenters.